The topological polar surface area (TPSA) is 26.0 Å². The van der Waals surface area contributed by atoms with E-state index in [1.54, 1.807) is 0 Å². The average Bonchev–Trinajstić information content (AvgIpc) is 1.23. The molecule has 0 aromatic rings. The Bertz CT molecular complexity index is 59.1. The maximum atomic E-state index is 5.46. The van der Waals surface area contributed by atoms with Gasteiger partial charge >= 0.3 is 0 Å². The molecule has 0 saturated heterocycles. The normalized spacial score (nSPS) is 26.6. The molecule has 0 aliphatic heterocycles. The summed E-state index contributed by atoms with van der Waals surface area (Å²) in [4.78, 5) is 0. The zero-order valence-corrected chi connectivity index (χ0v) is 5.20. The predicted molar refractivity (Wildman–Crippen MR) is 34.3 cm³/mol. The molecule has 0 aromatic heterocycles. The van der Waals surface area contributed by atoms with Gasteiger partial charge in [-0.1, -0.05) is 6.42 Å². The van der Waals surface area contributed by atoms with Crippen molar-refractivity contribution in [2.75, 3.05) is 0 Å². The van der Waals surface area contributed by atoms with Gasteiger partial charge in [0, 0.05) is 0 Å². The summed E-state index contributed by atoms with van der Waals surface area (Å²) in [6.07, 6.45) is 3.95. The molecule has 7 heavy (non-hydrogen) atoms. The molecule has 0 heterocycles. The summed E-state index contributed by atoms with van der Waals surface area (Å²) in [7, 11) is 0. The van der Waals surface area contributed by atoms with Gasteiger partial charge in [-0.2, -0.15) is 12.6 Å². The molecule has 1 nitrogen and oxygen atoms in total. The molecule has 2 N–H and O–H groups in total. The molecule has 2 heteroatoms. The Morgan fingerprint density at radius 1 is 1.57 bits per heavy atom. The van der Waals surface area contributed by atoms with Crippen LogP contribution < -0.4 is 5.73 Å². The monoisotopic (exact) mass is 117 g/mol. The SMILES string of the molecule is NC(S)C1CCC1. The van der Waals surface area contributed by atoms with Crippen LogP contribution in [0, 0.1) is 5.92 Å². The molecule has 1 fully saturated rings. The van der Waals surface area contributed by atoms with Crippen molar-refractivity contribution in [3.63, 3.8) is 0 Å². The van der Waals surface area contributed by atoms with Gasteiger partial charge in [0.25, 0.3) is 0 Å². The van der Waals surface area contributed by atoms with Crippen molar-refractivity contribution in [2.45, 2.75) is 24.6 Å². The van der Waals surface area contributed by atoms with Gasteiger partial charge in [0.1, 0.15) is 0 Å². The number of rotatable bonds is 1. The van der Waals surface area contributed by atoms with Crippen molar-refractivity contribution in [3.05, 3.63) is 0 Å². The van der Waals surface area contributed by atoms with Crippen LogP contribution in [0.25, 0.3) is 0 Å². The van der Waals surface area contributed by atoms with Gasteiger partial charge in [-0.05, 0) is 18.8 Å². The fourth-order valence-corrected chi connectivity index (χ4v) is 1.08. The summed E-state index contributed by atoms with van der Waals surface area (Å²) in [5.74, 6) is 0.725. The number of nitrogens with two attached hydrogens (primary N) is 1. The minimum atomic E-state index is 0.147. The van der Waals surface area contributed by atoms with Gasteiger partial charge in [-0.15, -0.1) is 0 Å². The largest absolute Gasteiger partial charge is 0.319 e. The van der Waals surface area contributed by atoms with Gasteiger partial charge in [-0.25, -0.2) is 0 Å². The summed E-state index contributed by atoms with van der Waals surface area (Å²) in [6.45, 7) is 0. The van der Waals surface area contributed by atoms with E-state index in [1.807, 2.05) is 0 Å². The fraction of sp³-hybridized carbons (Fsp3) is 1.00. The lowest BCUT2D eigenvalue weighted by Crippen LogP contribution is -2.29. The second-order valence-corrected chi connectivity index (χ2v) is 2.78. The van der Waals surface area contributed by atoms with Crippen LogP contribution in [-0.2, 0) is 0 Å². The van der Waals surface area contributed by atoms with Gasteiger partial charge in [-0.3, -0.25) is 0 Å². The van der Waals surface area contributed by atoms with Crippen molar-refractivity contribution in [2.24, 2.45) is 11.7 Å². The van der Waals surface area contributed by atoms with Crippen molar-refractivity contribution >= 4 is 12.6 Å². The zero-order valence-electron chi connectivity index (χ0n) is 4.30. The van der Waals surface area contributed by atoms with E-state index in [2.05, 4.69) is 12.6 Å². The first-order chi connectivity index (χ1) is 3.30. The number of hydrogen-bond acceptors (Lipinski definition) is 2. The number of hydrogen-bond donors (Lipinski definition) is 2. The quantitative estimate of drug-likeness (QED) is 0.389. The molecule has 1 unspecified atom stereocenters. The maximum Gasteiger partial charge on any atom is 0.0505 e. The first-order valence-electron chi connectivity index (χ1n) is 2.74. The summed E-state index contributed by atoms with van der Waals surface area (Å²) in [5.41, 5.74) is 5.46. The van der Waals surface area contributed by atoms with E-state index in [-0.39, 0.29) is 5.37 Å². The van der Waals surface area contributed by atoms with E-state index in [1.165, 1.54) is 19.3 Å². The second kappa shape index (κ2) is 2.05. The molecule has 0 amide bonds. The Balaban J connectivity index is 2.14. The van der Waals surface area contributed by atoms with Crippen LogP contribution in [0.2, 0.25) is 0 Å². The fourth-order valence-electron chi connectivity index (χ4n) is 0.781. The zero-order chi connectivity index (χ0) is 5.28. The van der Waals surface area contributed by atoms with E-state index in [4.69, 9.17) is 5.73 Å². The lowest BCUT2D eigenvalue weighted by molar-refractivity contribution is 0.310. The van der Waals surface area contributed by atoms with E-state index in [0.29, 0.717) is 0 Å². The molecule has 1 aliphatic carbocycles. The molecule has 0 aromatic carbocycles. The van der Waals surface area contributed by atoms with Crippen molar-refractivity contribution < 1.29 is 0 Å². The van der Waals surface area contributed by atoms with Crippen LogP contribution >= 0.6 is 12.6 Å². The van der Waals surface area contributed by atoms with Crippen LogP contribution in [0.1, 0.15) is 19.3 Å². The van der Waals surface area contributed by atoms with E-state index in [9.17, 15) is 0 Å². The molecule has 0 radical (unpaired) electrons. The van der Waals surface area contributed by atoms with E-state index < -0.39 is 0 Å². The molecule has 1 rings (SSSR count). The van der Waals surface area contributed by atoms with Crippen LogP contribution in [0.5, 0.6) is 0 Å². The molecule has 0 bridgehead atoms. The minimum Gasteiger partial charge on any atom is -0.319 e. The molecular weight excluding hydrogens is 106 g/mol. The maximum absolute atomic E-state index is 5.46. The standard InChI is InChI=1S/C5H11NS/c6-5(7)4-2-1-3-4/h4-5,7H,1-3,6H2. The van der Waals surface area contributed by atoms with Crippen molar-refractivity contribution in [1.82, 2.24) is 0 Å². The van der Waals surface area contributed by atoms with Gasteiger partial charge in [0.2, 0.25) is 0 Å². The molecule has 1 atom stereocenters. The van der Waals surface area contributed by atoms with Gasteiger partial charge < -0.3 is 5.73 Å². The third-order valence-electron chi connectivity index (χ3n) is 1.63. The third kappa shape index (κ3) is 1.10. The average molecular weight is 117 g/mol. The molecule has 0 spiro atoms. The highest BCUT2D eigenvalue weighted by molar-refractivity contribution is 7.80. The smallest absolute Gasteiger partial charge is 0.0505 e. The lowest BCUT2D eigenvalue weighted by atomic mass is 9.85. The number of thiol groups is 1. The first kappa shape index (κ1) is 5.45. The Kier molecular flexibility index (Phi) is 1.60. The van der Waals surface area contributed by atoms with Crippen LogP contribution in [0.4, 0.5) is 0 Å². The van der Waals surface area contributed by atoms with Crippen molar-refractivity contribution in [1.29, 1.82) is 0 Å². The van der Waals surface area contributed by atoms with Crippen molar-refractivity contribution in [3.8, 4) is 0 Å². The minimum absolute atomic E-state index is 0.147. The van der Waals surface area contributed by atoms with Crippen LogP contribution in [-0.4, -0.2) is 5.37 Å². The molecule has 1 aliphatic rings. The molecule has 42 valence electrons. The highest BCUT2D eigenvalue weighted by Gasteiger charge is 2.20. The molecule has 1 saturated carbocycles. The Labute approximate surface area is 49.7 Å². The van der Waals surface area contributed by atoms with E-state index in [0.717, 1.165) is 5.92 Å². The summed E-state index contributed by atoms with van der Waals surface area (Å²) < 4.78 is 0. The summed E-state index contributed by atoms with van der Waals surface area (Å²) in [5, 5.41) is 0.147. The predicted octanol–water partition coefficient (Wildman–Crippen LogP) is 1.00. The van der Waals surface area contributed by atoms with Crippen LogP contribution in [0.15, 0.2) is 0 Å². The lowest BCUT2D eigenvalue weighted by Gasteiger charge is -2.27. The highest BCUT2D eigenvalue weighted by Crippen LogP contribution is 2.29. The van der Waals surface area contributed by atoms with Crippen LogP contribution in [0.3, 0.4) is 0 Å². The third-order valence-corrected chi connectivity index (χ3v) is 2.05. The highest BCUT2D eigenvalue weighted by atomic mass is 32.1. The first-order valence-corrected chi connectivity index (χ1v) is 3.26. The molecular formula is C5H11NS. The second-order valence-electron chi connectivity index (χ2n) is 2.18. The Hall–Kier alpha value is 0.310. The van der Waals surface area contributed by atoms with Gasteiger partial charge in [0.05, 0.1) is 5.37 Å². The van der Waals surface area contributed by atoms with Gasteiger partial charge in [0.15, 0.2) is 0 Å². The Morgan fingerprint density at radius 2 is 2.14 bits per heavy atom. The summed E-state index contributed by atoms with van der Waals surface area (Å²) in [6, 6.07) is 0. The summed E-state index contributed by atoms with van der Waals surface area (Å²) >= 11 is 4.10. The van der Waals surface area contributed by atoms with E-state index >= 15 is 0 Å². The Morgan fingerprint density at radius 3 is 2.14 bits per heavy atom.